The van der Waals surface area contributed by atoms with E-state index in [0.29, 0.717) is 5.41 Å². The summed E-state index contributed by atoms with van der Waals surface area (Å²) in [6, 6.07) is 0. The minimum Gasteiger partial charge on any atom is -0.379 e. The van der Waals surface area contributed by atoms with Crippen molar-refractivity contribution in [1.29, 1.82) is 0 Å². The topological polar surface area (TPSA) is 33.3 Å². The molecule has 3 fully saturated rings. The van der Waals surface area contributed by atoms with E-state index in [1.54, 1.807) is 0 Å². The molecule has 3 heteroatoms. The number of ether oxygens (including phenoxy) is 1. The third kappa shape index (κ3) is 2.01. The second kappa shape index (κ2) is 3.97. The highest BCUT2D eigenvalue weighted by Gasteiger charge is 2.53. The van der Waals surface area contributed by atoms with Crippen molar-refractivity contribution in [3.05, 3.63) is 0 Å². The van der Waals surface area contributed by atoms with Crippen LogP contribution in [0.1, 0.15) is 32.6 Å². The summed E-state index contributed by atoms with van der Waals surface area (Å²) in [6.07, 6.45) is 5.42. The molecule has 0 bridgehead atoms. The highest BCUT2D eigenvalue weighted by molar-refractivity contribution is 5.06. The molecule has 2 atom stereocenters. The predicted octanol–water partition coefficient (Wildman–Crippen LogP) is 1.14. The summed E-state index contributed by atoms with van der Waals surface area (Å²) < 4.78 is 5.48. The molecule has 2 heterocycles. The summed E-state index contributed by atoms with van der Waals surface area (Å²) >= 11 is 0. The predicted molar refractivity (Wildman–Crippen MR) is 64.5 cm³/mol. The van der Waals surface area contributed by atoms with Crippen LogP contribution in [0.5, 0.6) is 0 Å². The lowest BCUT2D eigenvalue weighted by Gasteiger charge is -2.27. The first-order chi connectivity index (χ1) is 7.73. The number of piperidine rings is 1. The van der Waals surface area contributed by atoms with Gasteiger partial charge in [0.1, 0.15) is 0 Å². The van der Waals surface area contributed by atoms with E-state index in [0.717, 1.165) is 19.1 Å². The summed E-state index contributed by atoms with van der Waals surface area (Å²) in [5.41, 5.74) is 0.977. The van der Waals surface area contributed by atoms with Gasteiger partial charge in [-0.3, -0.25) is 0 Å². The van der Waals surface area contributed by atoms with Crippen molar-refractivity contribution in [3.8, 4) is 0 Å². The van der Waals surface area contributed by atoms with Crippen LogP contribution in [0.3, 0.4) is 0 Å². The quantitative estimate of drug-likeness (QED) is 0.754. The molecule has 2 N–H and O–H groups in total. The second-order valence-electron chi connectivity index (χ2n) is 6.26. The first-order valence-electron chi connectivity index (χ1n) is 6.76. The van der Waals surface area contributed by atoms with Crippen molar-refractivity contribution in [2.75, 3.05) is 32.8 Å². The van der Waals surface area contributed by atoms with Gasteiger partial charge in [0.2, 0.25) is 0 Å². The fraction of sp³-hybridized carbons (Fsp3) is 1.00. The Morgan fingerprint density at radius 2 is 2.12 bits per heavy atom. The molecule has 1 aliphatic carbocycles. The largest absolute Gasteiger partial charge is 0.379 e. The monoisotopic (exact) mass is 224 g/mol. The third-order valence-electron chi connectivity index (χ3n) is 4.95. The molecule has 0 radical (unpaired) electrons. The van der Waals surface area contributed by atoms with Gasteiger partial charge in [0.05, 0.1) is 6.61 Å². The average Bonchev–Trinajstić information content (AvgIpc) is 2.76. The van der Waals surface area contributed by atoms with E-state index in [-0.39, 0.29) is 5.54 Å². The molecule has 2 aliphatic heterocycles. The van der Waals surface area contributed by atoms with E-state index in [1.165, 1.54) is 45.3 Å². The Kier molecular flexibility index (Phi) is 2.73. The van der Waals surface area contributed by atoms with Crippen LogP contribution < -0.4 is 10.6 Å². The van der Waals surface area contributed by atoms with Crippen LogP contribution in [0.2, 0.25) is 0 Å². The van der Waals surface area contributed by atoms with Crippen LogP contribution in [-0.4, -0.2) is 38.4 Å². The van der Waals surface area contributed by atoms with Crippen LogP contribution in [0.4, 0.5) is 0 Å². The van der Waals surface area contributed by atoms with Gasteiger partial charge in [-0.2, -0.15) is 0 Å². The summed E-state index contributed by atoms with van der Waals surface area (Å²) in [6.45, 7) is 7.81. The zero-order valence-corrected chi connectivity index (χ0v) is 10.3. The molecule has 0 aromatic rings. The van der Waals surface area contributed by atoms with Crippen LogP contribution in [-0.2, 0) is 4.74 Å². The Morgan fingerprint density at radius 1 is 1.31 bits per heavy atom. The lowest BCUT2D eigenvalue weighted by atomic mass is 9.91. The second-order valence-corrected chi connectivity index (χ2v) is 6.26. The molecule has 3 nitrogen and oxygen atoms in total. The maximum absolute atomic E-state index is 5.48. The van der Waals surface area contributed by atoms with Gasteiger partial charge < -0.3 is 15.4 Å². The molecule has 0 aromatic heterocycles. The van der Waals surface area contributed by atoms with Crippen molar-refractivity contribution < 1.29 is 4.74 Å². The number of nitrogens with one attached hydrogen (secondary N) is 2. The van der Waals surface area contributed by atoms with E-state index in [4.69, 9.17) is 4.74 Å². The maximum Gasteiger partial charge on any atom is 0.0646 e. The van der Waals surface area contributed by atoms with Gasteiger partial charge >= 0.3 is 0 Å². The van der Waals surface area contributed by atoms with E-state index in [1.807, 2.05) is 0 Å². The smallest absolute Gasteiger partial charge is 0.0646 e. The third-order valence-corrected chi connectivity index (χ3v) is 4.95. The minimum absolute atomic E-state index is 0.261. The van der Waals surface area contributed by atoms with Gasteiger partial charge in [0.15, 0.2) is 0 Å². The van der Waals surface area contributed by atoms with E-state index in [2.05, 4.69) is 17.6 Å². The number of hydrogen-bond acceptors (Lipinski definition) is 3. The summed E-state index contributed by atoms with van der Waals surface area (Å²) in [5.74, 6) is 0.937. The van der Waals surface area contributed by atoms with Crippen molar-refractivity contribution in [2.24, 2.45) is 11.3 Å². The molecule has 0 aromatic carbocycles. The molecule has 92 valence electrons. The lowest BCUT2D eigenvalue weighted by Crippen LogP contribution is -2.44. The SMILES string of the molecule is CC1(NCC2CC23CCNCC3)CCOC1. The van der Waals surface area contributed by atoms with Crippen molar-refractivity contribution in [1.82, 2.24) is 10.6 Å². The molecule has 3 rings (SSSR count). The lowest BCUT2D eigenvalue weighted by molar-refractivity contribution is 0.170. The Balaban J connectivity index is 1.47. The molecule has 1 saturated carbocycles. The molecule has 3 aliphatic rings. The minimum atomic E-state index is 0.261. The number of hydrogen-bond donors (Lipinski definition) is 2. The Morgan fingerprint density at radius 3 is 2.81 bits per heavy atom. The highest BCUT2D eigenvalue weighted by Crippen LogP contribution is 2.58. The van der Waals surface area contributed by atoms with Crippen LogP contribution in [0.15, 0.2) is 0 Å². The average molecular weight is 224 g/mol. The summed E-state index contributed by atoms with van der Waals surface area (Å²) in [7, 11) is 0. The fourth-order valence-electron chi connectivity index (χ4n) is 3.43. The van der Waals surface area contributed by atoms with Gasteiger partial charge in [-0.1, -0.05) is 0 Å². The Hall–Kier alpha value is -0.120. The molecule has 1 spiro atoms. The van der Waals surface area contributed by atoms with E-state index in [9.17, 15) is 0 Å². The maximum atomic E-state index is 5.48. The first kappa shape index (κ1) is 11.0. The zero-order valence-electron chi connectivity index (χ0n) is 10.3. The van der Waals surface area contributed by atoms with Gasteiger partial charge in [0, 0.05) is 12.1 Å². The molecule has 2 saturated heterocycles. The van der Waals surface area contributed by atoms with Crippen LogP contribution in [0, 0.1) is 11.3 Å². The van der Waals surface area contributed by atoms with Gasteiger partial charge in [-0.05, 0) is 63.6 Å². The van der Waals surface area contributed by atoms with Crippen LogP contribution in [0.25, 0.3) is 0 Å². The van der Waals surface area contributed by atoms with E-state index < -0.39 is 0 Å². The molecule has 2 unspecified atom stereocenters. The first-order valence-corrected chi connectivity index (χ1v) is 6.76. The normalized spacial score (nSPS) is 41.4. The molecular formula is C13H24N2O. The summed E-state index contributed by atoms with van der Waals surface area (Å²) in [4.78, 5) is 0. The Labute approximate surface area is 98.3 Å². The zero-order chi connectivity index (χ0) is 11.1. The highest BCUT2D eigenvalue weighted by atomic mass is 16.5. The van der Waals surface area contributed by atoms with Crippen molar-refractivity contribution in [2.45, 2.75) is 38.1 Å². The van der Waals surface area contributed by atoms with Gasteiger partial charge in [-0.25, -0.2) is 0 Å². The van der Waals surface area contributed by atoms with Crippen molar-refractivity contribution in [3.63, 3.8) is 0 Å². The molecule has 16 heavy (non-hydrogen) atoms. The van der Waals surface area contributed by atoms with Gasteiger partial charge in [-0.15, -0.1) is 0 Å². The van der Waals surface area contributed by atoms with Gasteiger partial charge in [0.25, 0.3) is 0 Å². The molecular weight excluding hydrogens is 200 g/mol. The summed E-state index contributed by atoms with van der Waals surface area (Å²) in [5, 5.41) is 7.21. The van der Waals surface area contributed by atoms with Crippen LogP contribution >= 0.6 is 0 Å². The number of rotatable bonds is 3. The Bertz CT molecular complexity index is 255. The van der Waals surface area contributed by atoms with E-state index >= 15 is 0 Å². The van der Waals surface area contributed by atoms with Crippen molar-refractivity contribution >= 4 is 0 Å². The molecule has 0 amide bonds. The fourth-order valence-corrected chi connectivity index (χ4v) is 3.43. The standard InChI is InChI=1S/C13H24N2O/c1-12(4-7-16-10-12)15-9-11-8-13(11)2-5-14-6-3-13/h11,14-15H,2-10H2,1H3.